The normalized spacial score (nSPS) is 14.7. The zero-order chi connectivity index (χ0) is 23.8. The van der Waals surface area contributed by atoms with Crippen molar-refractivity contribution in [3.05, 3.63) is 42.0 Å². The topological polar surface area (TPSA) is 97.9 Å². The number of rotatable bonds is 9. The lowest BCUT2D eigenvalue weighted by molar-refractivity contribution is -0.123. The van der Waals surface area contributed by atoms with Crippen LogP contribution in [0.4, 0.5) is 11.4 Å². The molecular formula is C25H33N3O5. The molecule has 3 N–H and O–H groups in total. The molecule has 3 rings (SSSR count). The molecule has 1 unspecified atom stereocenters. The Morgan fingerprint density at radius 3 is 1.97 bits per heavy atom. The highest BCUT2D eigenvalue weighted by molar-refractivity contribution is 5.89. The summed E-state index contributed by atoms with van der Waals surface area (Å²) in [5, 5.41) is 9.28. The van der Waals surface area contributed by atoms with E-state index >= 15 is 0 Å². The van der Waals surface area contributed by atoms with Crippen molar-refractivity contribution >= 4 is 23.2 Å². The number of hydrogen-bond acceptors (Lipinski definition) is 6. The first-order valence-corrected chi connectivity index (χ1v) is 11.2. The summed E-state index contributed by atoms with van der Waals surface area (Å²) in [6.07, 6.45) is 5.43. The summed E-state index contributed by atoms with van der Waals surface area (Å²) in [6.45, 7) is 1.46. The van der Waals surface area contributed by atoms with Crippen molar-refractivity contribution in [3.8, 4) is 17.2 Å². The highest BCUT2D eigenvalue weighted by Crippen LogP contribution is 2.40. The molecule has 1 atom stereocenters. The van der Waals surface area contributed by atoms with E-state index in [1.807, 2.05) is 12.1 Å². The second kappa shape index (κ2) is 11.4. The molecular weight excluding hydrogens is 422 g/mol. The van der Waals surface area contributed by atoms with E-state index in [4.69, 9.17) is 14.2 Å². The zero-order valence-corrected chi connectivity index (χ0v) is 19.7. The fourth-order valence-electron chi connectivity index (χ4n) is 4.12. The number of amides is 2. The lowest BCUT2D eigenvalue weighted by Gasteiger charge is -2.27. The van der Waals surface area contributed by atoms with E-state index in [1.165, 1.54) is 13.3 Å². The predicted molar refractivity (Wildman–Crippen MR) is 128 cm³/mol. The number of carbonyl (C=O) groups excluding carboxylic acids is 2. The number of nitrogens with one attached hydrogen (secondary N) is 3. The van der Waals surface area contributed by atoms with E-state index in [0.29, 0.717) is 28.5 Å². The average Bonchev–Trinajstić information content (AvgIpc) is 2.82. The monoisotopic (exact) mass is 455 g/mol. The number of anilines is 2. The van der Waals surface area contributed by atoms with E-state index in [1.54, 1.807) is 45.6 Å². The van der Waals surface area contributed by atoms with Crippen LogP contribution in [0.15, 0.2) is 36.4 Å². The Morgan fingerprint density at radius 2 is 1.45 bits per heavy atom. The molecule has 2 amide bonds. The van der Waals surface area contributed by atoms with Crippen LogP contribution in [-0.2, 0) is 9.59 Å². The third-order valence-corrected chi connectivity index (χ3v) is 5.75. The van der Waals surface area contributed by atoms with Gasteiger partial charge in [0.25, 0.3) is 0 Å². The third-order valence-electron chi connectivity index (χ3n) is 5.75. The maximum absolute atomic E-state index is 13.4. The van der Waals surface area contributed by atoms with E-state index in [0.717, 1.165) is 31.4 Å². The van der Waals surface area contributed by atoms with Crippen molar-refractivity contribution in [2.75, 3.05) is 32.0 Å². The number of methoxy groups -OCH3 is 3. The molecule has 0 aromatic heterocycles. The SMILES string of the molecule is COc1cc(C(Nc2ccc(NC(C)=O)cc2)C(=O)NC2CCCCC2)cc(OC)c1OC. The fourth-order valence-corrected chi connectivity index (χ4v) is 4.12. The minimum Gasteiger partial charge on any atom is -0.493 e. The van der Waals surface area contributed by atoms with Crippen LogP contribution in [0.1, 0.15) is 50.6 Å². The van der Waals surface area contributed by atoms with Gasteiger partial charge in [-0.3, -0.25) is 9.59 Å². The van der Waals surface area contributed by atoms with Gasteiger partial charge in [0.1, 0.15) is 6.04 Å². The highest BCUT2D eigenvalue weighted by atomic mass is 16.5. The van der Waals surface area contributed by atoms with Crippen LogP contribution in [0.2, 0.25) is 0 Å². The first-order valence-electron chi connectivity index (χ1n) is 11.2. The zero-order valence-electron chi connectivity index (χ0n) is 19.7. The van der Waals surface area contributed by atoms with Crippen LogP contribution in [0, 0.1) is 0 Å². The lowest BCUT2D eigenvalue weighted by Crippen LogP contribution is -2.41. The molecule has 0 bridgehead atoms. The Labute approximate surface area is 195 Å². The Balaban J connectivity index is 1.92. The first kappa shape index (κ1) is 24.2. The average molecular weight is 456 g/mol. The molecule has 8 heteroatoms. The molecule has 178 valence electrons. The molecule has 0 aliphatic heterocycles. The minimum absolute atomic E-state index is 0.123. The van der Waals surface area contributed by atoms with E-state index in [9.17, 15) is 9.59 Å². The summed E-state index contributed by atoms with van der Waals surface area (Å²) in [7, 11) is 4.64. The maximum atomic E-state index is 13.4. The number of ether oxygens (including phenoxy) is 3. The summed E-state index contributed by atoms with van der Waals surface area (Å²) < 4.78 is 16.4. The van der Waals surface area contributed by atoms with Crippen LogP contribution >= 0.6 is 0 Å². The van der Waals surface area contributed by atoms with Crippen molar-refractivity contribution in [1.29, 1.82) is 0 Å². The Hall–Kier alpha value is -3.42. The van der Waals surface area contributed by atoms with Crippen LogP contribution < -0.4 is 30.2 Å². The summed E-state index contributed by atoms with van der Waals surface area (Å²) >= 11 is 0. The van der Waals surface area contributed by atoms with Gasteiger partial charge in [-0.1, -0.05) is 19.3 Å². The van der Waals surface area contributed by atoms with Gasteiger partial charge in [0.05, 0.1) is 21.3 Å². The van der Waals surface area contributed by atoms with Gasteiger partial charge in [-0.2, -0.15) is 0 Å². The summed E-state index contributed by atoms with van der Waals surface area (Å²) in [6, 6.07) is 10.3. The number of benzene rings is 2. The summed E-state index contributed by atoms with van der Waals surface area (Å²) in [5.41, 5.74) is 2.11. The fraction of sp³-hybridized carbons (Fsp3) is 0.440. The van der Waals surface area contributed by atoms with E-state index in [-0.39, 0.29) is 17.9 Å². The van der Waals surface area contributed by atoms with Crippen molar-refractivity contribution in [2.45, 2.75) is 51.1 Å². The number of hydrogen-bond donors (Lipinski definition) is 3. The number of carbonyl (C=O) groups is 2. The molecule has 0 saturated heterocycles. The standard InChI is InChI=1S/C25H33N3O5/c1-16(29)26-19-10-12-20(13-11-19)27-23(25(30)28-18-8-6-5-7-9-18)17-14-21(31-2)24(33-4)22(15-17)32-3/h10-15,18,23,27H,5-9H2,1-4H3,(H,26,29)(H,28,30). The largest absolute Gasteiger partial charge is 0.493 e. The van der Waals surface area contributed by atoms with Gasteiger partial charge in [0.2, 0.25) is 17.6 Å². The summed E-state index contributed by atoms with van der Waals surface area (Å²) in [5.74, 6) is 1.16. The van der Waals surface area contributed by atoms with Gasteiger partial charge in [0, 0.05) is 24.3 Å². The van der Waals surface area contributed by atoms with E-state index < -0.39 is 6.04 Å². The maximum Gasteiger partial charge on any atom is 0.247 e. The van der Waals surface area contributed by atoms with Crippen LogP contribution in [0.25, 0.3) is 0 Å². The molecule has 0 spiro atoms. The second-order valence-corrected chi connectivity index (χ2v) is 8.14. The quantitative estimate of drug-likeness (QED) is 0.522. The molecule has 2 aromatic rings. The van der Waals surface area contributed by atoms with Crippen LogP contribution in [-0.4, -0.2) is 39.2 Å². The van der Waals surface area contributed by atoms with Crippen molar-refractivity contribution < 1.29 is 23.8 Å². The van der Waals surface area contributed by atoms with Crippen LogP contribution in [0.3, 0.4) is 0 Å². The second-order valence-electron chi connectivity index (χ2n) is 8.14. The van der Waals surface area contributed by atoms with Crippen molar-refractivity contribution in [2.24, 2.45) is 0 Å². The Bertz CT molecular complexity index is 930. The third kappa shape index (κ3) is 6.31. The van der Waals surface area contributed by atoms with Gasteiger partial charge in [-0.05, 0) is 54.8 Å². The van der Waals surface area contributed by atoms with Gasteiger partial charge in [0.15, 0.2) is 11.5 Å². The first-order chi connectivity index (χ1) is 15.9. The molecule has 33 heavy (non-hydrogen) atoms. The lowest BCUT2D eigenvalue weighted by atomic mass is 9.94. The molecule has 8 nitrogen and oxygen atoms in total. The summed E-state index contributed by atoms with van der Waals surface area (Å²) in [4.78, 5) is 24.7. The van der Waals surface area contributed by atoms with E-state index in [2.05, 4.69) is 16.0 Å². The smallest absolute Gasteiger partial charge is 0.247 e. The molecule has 1 saturated carbocycles. The van der Waals surface area contributed by atoms with Crippen molar-refractivity contribution in [1.82, 2.24) is 5.32 Å². The Kier molecular flexibility index (Phi) is 8.40. The van der Waals surface area contributed by atoms with Gasteiger partial charge in [-0.15, -0.1) is 0 Å². The Morgan fingerprint density at radius 1 is 0.879 bits per heavy atom. The van der Waals surface area contributed by atoms with Gasteiger partial charge in [-0.25, -0.2) is 0 Å². The van der Waals surface area contributed by atoms with Crippen LogP contribution in [0.5, 0.6) is 17.2 Å². The highest BCUT2D eigenvalue weighted by Gasteiger charge is 2.27. The molecule has 1 aliphatic rings. The van der Waals surface area contributed by atoms with Gasteiger partial charge >= 0.3 is 0 Å². The molecule has 0 radical (unpaired) electrons. The molecule has 1 aliphatic carbocycles. The van der Waals surface area contributed by atoms with Crippen molar-refractivity contribution in [3.63, 3.8) is 0 Å². The predicted octanol–water partition coefficient (Wildman–Crippen LogP) is 4.27. The molecule has 1 fully saturated rings. The minimum atomic E-state index is -0.688. The molecule has 2 aromatic carbocycles. The van der Waals surface area contributed by atoms with Gasteiger partial charge < -0.3 is 30.2 Å². The molecule has 0 heterocycles.